The van der Waals surface area contributed by atoms with Gasteiger partial charge in [-0.15, -0.1) is 5.10 Å². The fraction of sp³-hybridized carbons (Fsp3) is 0.214. The second-order valence-corrected chi connectivity index (χ2v) is 8.39. The maximum atomic E-state index is 10.0. The van der Waals surface area contributed by atoms with Gasteiger partial charge in [0.2, 0.25) is 0 Å². The fourth-order valence-corrected chi connectivity index (χ4v) is 3.26. The van der Waals surface area contributed by atoms with E-state index < -0.39 is 0 Å². The Balaban J connectivity index is 0.000000221. The van der Waals surface area contributed by atoms with Crippen molar-refractivity contribution in [3.8, 4) is 22.4 Å². The van der Waals surface area contributed by atoms with Gasteiger partial charge in [-0.2, -0.15) is 5.10 Å². The fourth-order valence-electron chi connectivity index (χ4n) is 3.26. The molecule has 0 bridgehead atoms. The molecule has 0 spiro atoms. The summed E-state index contributed by atoms with van der Waals surface area (Å²) in [5.74, 6) is 1.29. The smallest absolute Gasteiger partial charge is 0.170 e. The van der Waals surface area contributed by atoms with Gasteiger partial charge in [0, 0.05) is 43.7 Å². The second-order valence-electron chi connectivity index (χ2n) is 8.39. The summed E-state index contributed by atoms with van der Waals surface area (Å²) in [5.41, 5.74) is 12.7. The van der Waals surface area contributed by atoms with Crippen molar-refractivity contribution >= 4 is 29.8 Å². The number of hydrogen-bond acceptors (Lipinski definition) is 9. The molecule has 4 N–H and O–H groups in total. The van der Waals surface area contributed by atoms with Crippen LogP contribution in [0, 0.1) is 12.8 Å². The van der Waals surface area contributed by atoms with Crippen LogP contribution in [0.1, 0.15) is 28.9 Å². The number of hydrogen-bond donors (Lipinski definition) is 3. The van der Waals surface area contributed by atoms with E-state index in [1.807, 2.05) is 38.5 Å². The standard InChI is InChI=1S/C19H20N4.C5H5N3O.C4H6O/c1-13-4-5-16(20-2)12-17(13)14-6-8-22-18(10-14)15-7-9-23-19(11-15)21-3;6-4-1-5(3-9)8-7-2-4;5-3-4-1-2-4/h4-12,20H,1-3H3,(H,21,23);1-3H,(H2,6,8);3-4H,1-2H2. The number of carbonyl (C=O) groups is 2. The molecule has 4 aromatic rings. The van der Waals surface area contributed by atoms with Crippen LogP contribution in [-0.2, 0) is 4.79 Å². The maximum absolute atomic E-state index is 10.0. The van der Waals surface area contributed by atoms with Gasteiger partial charge in [-0.3, -0.25) is 9.78 Å². The molecular weight excluding hydrogens is 466 g/mol. The van der Waals surface area contributed by atoms with E-state index in [4.69, 9.17) is 5.73 Å². The van der Waals surface area contributed by atoms with Crippen LogP contribution in [0.5, 0.6) is 0 Å². The Morgan fingerprint density at radius 3 is 2.27 bits per heavy atom. The topological polar surface area (TPSA) is 136 Å². The quantitative estimate of drug-likeness (QED) is 0.325. The van der Waals surface area contributed by atoms with Gasteiger partial charge in [0.15, 0.2) is 6.29 Å². The van der Waals surface area contributed by atoms with Crippen molar-refractivity contribution in [3.63, 3.8) is 0 Å². The van der Waals surface area contributed by atoms with Gasteiger partial charge in [-0.25, -0.2) is 4.98 Å². The Kier molecular flexibility index (Phi) is 9.78. The number of carbonyl (C=O) groups excluding carboxylic acids is 2. The van der Waals surface area contributed by atoms with Crippen molar-refractivity contribution in [2.45, 2.75) is 19.8 Å². The Labute approximate surface area is 216 Å². The zero-order valence-electron chi connectivity index (χ0n) is 21.2. The minimum Gasteiger partial charge on any atom is -0.397 e. The van der Waals surface area contributed by atoms with E-state index in [1.54, 1.807) is 6.20 Å². The Morgan fingerprint density at radius 2 is 1.68 bits per heavy atom. The van der Waals surface area contributed by atoms with Crippen LogP contribution in [0.4, 0.5) is 17.2 Å². The molecule has 0 atom stereocenters. The molecule has 9 nitrogen and oxygen atoms in total. The highest BCUT2D eigenvalue weighted by Crippen LogP contribution is 2.29. The number of nitrogens with two attached hydrogens (primary N) is 1. The van der Waals surface area contributed by atoms with Crippen molar-refractivity contribution < 1.29 is 9.59 Å². The second kappa shape index (κ2) is 13.4. The number of rotatable bonds is 6. The molecule has 0 radical (unpaired) electrons. The molecule has 3 aromatic heterocycles. The lowest BCUT2D eigenvalue weighted by atomic mass is 9.99. The summed E-state index contributed by atoms with van der Waals surface area (Å²) in [5, 5.41) is 13.2. The summed E-state index contributed by atoms with van der Waals surface area (Å²) >= 11 is 0. The van der Waals surface area contributed by atoms with Crippen LogP contribution in [0.2, 0.25) is 0 Å². The minimum absolute atomic E-state index is 0.259. The zero-order chi connectivity index (χ0) is 26.6. The van der Waals surface area contributed by atoms with Gasteiger partial charge in [0.05, 0.1) is 17.6 Å². The first-order valence-electron chi connectivity index (χ1n) is 11.8. The van der Waals surface area contributed by atoms with Gasteiger partial charge in [-0.1, -0.05) is 6.07 Å². The predicted octanol–water partition coefficient (Wildman–Crippen LogP) is 4.67. The lowest BCUT2D eigenvalue weighted by Gasteiger charge is -2.11. The van der Waals surface area contributed by atoms with Crippen molar-refractivity contribution in [3.05, 3.63) is 78.4 Å². The molecule has 9 heteroatoms. The zero-order valence-corrected chi connectivity index (χ0v) is 21.2. The minimum atomic E-state index is 0.259. The van der Waals surface area contributed by atoms with Gasteiger partial charge in [0.1, 0.15) is 17.8 Å². The average Bonchev–Trinajstić information content (AvgIpc) is 3.79. The van der Waals surface area contributed by atoms with Crippen molar-refractivity contribution in [1.29, 1.82) is 0 Å². The summed E-state index contributed by atoms with van der Waals surface area (Å²) in [6, 6.07) is 16.0. The van der Waals surface area contributed by atoms with Crippen LogP contribution in [0.25, 0.3) is 22.4 Å². The monoisotopic (exact) mass is 497 g/mol. The summed E-state index contributed by atoms with van der Waals surface area (Å²) in [7, 11) is 3.80. The highest BCUT2D eigenvalue weighted by atomic mass is 16.1. The summed E-state index contributed by atoms with van der Waals surface area (Å²) in [6.45, 7) is 2.13. The molecule has 1 fully saturated rings. The molecule has 37 heavy (non-hydrogen) atoms. The molecular formula is C28H31N7O2. The SMILES string of the molecule is CNc1ccc(C)c(-c2ccnc(-c3ccnc(NC)c3)c2)c1.Nc1cnnc(C=O)c1.O=CC1CC1. The molecule has 3 heterocycles. The third kappa shape index (κ3) is 8.21. The number of aldehydes is 2. The van der Waals surface area contributed by atoms with Crippen LogP contribution < -0.4 is 16.4 Å². The molecule has 190 valence electrons. The third-order valence-electron chi connectivity index (χ3n) is 5.54. The lowest BCUT2D eigenvalue weighted by Crippen LogP contribution is -1.94. The van der Waals surface area contributed by atoms with E-state index in [0.29, 0.717) is 17.9 Å². The molecule has 0 unspecified atom stereocenters. The van der Waals surface area contributed by atoms with Crippen molar-refractivity contribution in [2.75, 3.05) is 30.5 Å². The van der Waals surface area contributed by atoms with E-state index in [9.17, 15) is 9.59 Å². The van der Waals surface area contributed by atoms with Crippen molar-refractivity contribution in [2.24, 2.45) is 5.92 Å². The van der Waals surface area contributed by atoms with E-state index in [1.165, 1.54) is 23.4 Å². The average molecular weight is 498 g/mol. The Morgan fingerprint density at radius 1 is 0.919 bits per heavy atom. The first-order chi connectivity index (χ1) is 18.0. The number of benzene rings is 1. The highest BCUT2D eigenvalue weighted by Gasteiger charge is 2.19. The Hall–Kier alpha value is -4.66. The molecule has 5 rings (SSSR count). The van der Waals surface area contributed by atoms with Crippen LogP contribution in [0.3, 0.4) is 0 Å². The van der Waals surface area contributed by atoms with Crippen LogP contribution >= 0.6 is 0 Å². The number of nitrogens with one attached hydrogen (secondary N) is 2. The number of anilines is 3. The third-order valence-corrected chi connectivity index (χ3v) is 5.54. The number of pyridine rings is 2. The first-order valence-corrected chi connectivity index (χ1v) is 11.8. The normalized spacial score (nSPS) is 11.6. The molecule has 0 saturated heterocycles. The summed E-state index contributed by atoms with van der Waals surface area (Å²) in [4.78, 5) is 28.3. The van der Waals surface area contributed by atoms with E-state index in [2.05, 4.69) is 62.0 Å². The van der Waals surface area contributed by atoms with Crippen LogP contribution in [-0.4, -0.2) is 46.8 Å². The van der Waals surface area contributed by atoms with Crippen LogP contribution in [0.15, 0.2) is 67.1 Å². The summed E-state index contributed by atoms with van der Waals surface area (Å²) < 4.78 is 0. The predicted molar refractivity (Wildman–Crippen MR) is 147 cm³/mol. The molecule has 0 aliphatic heterocycles. The molecule has 1 aliphatic rings. The van der Waals surface area contributed by atoms with Gasteiger partial charge >= 0.3 is 0 Å². The van der Waals surface area contributed by atoms with E-state index >= 15 is 0 Å². The molecule has 0 amide bonds. The Bertz CT molecular complexity index is 1340. The number of nitrogens with zero attached hydrogens (tertiary/aromatic N) is 4. The largest absolute Gasteiger partial charge is 0.397 e. The number of nitrogen functional groups attached to an aromatic ring is 1. The molecule has 1 saturated carbocycles. The number of aromatic nitrogens is 4. The van der Waals surface area contributed by atoms with Gasteiger partial charge in [-0.05, 0) is 78.9 Å². The van der Waals surface area contributed by atoms with E-state index in [-0.39, 0.29) is 5.69 Å². The summed E-state index contributed by atoms with van der Waals surface area (Å²) in [6.07, 6.45) is 8.95. The molecule has 1 aliphatic carbocycles. The first kappa shape index (κ1) is 26.9. The lowest BCUT2D eigenvalue weighted by molar-refractivity contribution is -0.108. The molecule has 1 aromatic carbocycles. The highest BCUT2D eigenvalue weighted by molar-refractivity contribution is 5.75. The number of aryl methyl sites for hydroxylation is 1. The maximum Gasteiger partial charge on any atom is 0.170 e. The van der Waals surface area contributed by atoms with Gasteiger partial charge < -0.3 is 21.2 Å². The van der Waals surface area contributed by atoms with E-state index in [0.717, 1.165) is 47.5 Å². The van der Waals surface area contributed by atoms with Gasteiger partial charge in [0.25, 0.3) is 0 Å². The van der Waals surface area contributed by atoms with Crippen molar-refractivity contribution in [1.82, 2.24) is 20.2 Å².